The zero-order chi connectivity index (χ0) is 5.90. The molecule has 0 aromatic heterocycles. The molecule has 3 rings (SSSR count). The lowest BCUT2D eigenvalue weighted by molar-refractivity contribution is 0.351. The standard InChI is InChI=1S/C8H13N/c1-2-7-4-6-5-8(6,3-1)9-7/h6-7,9H,1-5H2. The topological polar surface area (TPSA) is 12.0 Å². The van der Waals surface area contributed by atoms with Gasteiger partial charge in [-0.15, -0.1) is 0 Å². The van der Waals surface area contributed by atoms with Crippen LogP contribution in [0.15, 0.2) is 0 Å². The fraction of sp³-hybridized carbons (Fsp3) is 1.00. The first-order valence-electron chi connectivity index (χ1n) is 4.17. The van der Waals surface area contributed by atoms with Crippen molar-refractivity contribution < 1.29 is 0 Å². The summed E-state index contributed by atoms with van der Waals surface area (Å²) in [4.78, 5) is 0. The summed E-state index contributed by atoms with van der Waals surface area (Å²) in [6, 6.07) is 0.928. The van der Waals surface area contributed by atoms with E-state index in [-0.39, 0.29) is 0 Å². The summed E-state index contributed by atoms with van der Waals surface area (Å²) >= 11 is 0. The zero-order valence-corrected chi connectivity index (χ0v) is 5.69. The van der Waals surface area contributed by atoms with E-state index in [0.29, 0.717) is 5.54 Å². The Balaban J connectivity index is 1.95. The van der Waals surface area contributed by atoms with E-state index in [4.69, 9.17) is 0 Å². The van der Waals surface area contributed by atoms with E-state index in [2.05, 4.69) is 5.32 Å². The maximum absolute atomic E-state index is 3.74. The molecule has 1 aliphatic carbocycles. The van der Waals surface area contributed by atoms with Crippen LogP contribution in [0.4, 0.5) is 0 Å². The Kier molecular flexibility index (Phi) is 0.628. The minimum atomic E-state index is 0.711. The second kappa shape index (κ2) is 1.20. The normalized spacial score (nSPS) is 61.3. The Morgan fingerprint density at radius 2 is 2.44 bits per heavy atom. The Labute approximate surface area is 55.8 Å². The van der Waals surface area contributed by atoms with Gasteiger partial charge in [0.15, 0.2) is 0 Å². The lowest BCUT2D eigenvalue weighted by Gasteiger charge is -2.24. The second-order valence-electron chi connectivity index (χ2n) is 4.03. The minimum Gasteiger partial charge on any atom is -0.308 e. The Hall–Kier alpha value is -0.0400. The number of piperidine rings is 2. The van der Waals surface area contributed by atoms with Crippen LogP contribution in [0.2, 0.25) is 0 Å². The van der Waals surface area contributed by atoms with Crippen LogP contribution in [-0.2, 0) is 0 Å². The van der Waals surface area contributed by atoms with Crippen molar-refractivity contribution in [1.82, 2.24) is 5.32 Å². The summed E-state index contributed by atoms with van der Waals surface area (Å²) < 4.78 is 0. The number of nitrogens with one attached hydrogen (secondary N) is 1. The number of fused-ring (bicyclic) bond motifs is 1. The van der Waals surface area contributed by atoms with E-state index >= 15 is 0 Å². The molecule has 1 saturated carbocycles. The third kappa shape index (κ3) is 0.454. The molecule has 1 nitrogen and oxygen atoms in total. The van der Waals surface area contributed by atoms with Crippen LogP contribution in [0.25, 0.3) is 0 Å². The molecule has 2 saturated heterocycles. The van der Waals surface area contributed by atoms with Crippen LogP contribution in [-0.4, -0.2) is 11.6 Å². The molecular weight excluding hydrogens is 110 g/mol. The van der Waals surface area contributed by atoms with Crippen LogP contribution in [0.1, 0.15) is 32.1 Å². The molecule has 1 N–H and O–H groups in total. The van der Waals surface area contributed by atoms with Crippen LogP contribution in [0.3, 0.4) is 0 Å². The SMILES string of the molecule is C1CC2CC3CC3(C1)N2. The maximum atomic E-state index is 3.74. The van der Waals surface area contributed by atoms with Gasteiger partial charge in [0.1, 0.15) is 0 Å². The monoisotopic (exact) mass is 123 g/mol. The average Bonchev–Trinajstić information content (AvgIpc) is 2.38. The number of hydrogen-bond donors (Lipinski definition) is 1. The number of hydrogen-bond acceptors (Lipinski definition) is 1. The molecule has 0 aromatic rings. The predicted octanol–water partition coefficient (Wildman–Crippen LogP) is 1.29. The summed E-state index contributed by atoms with van der Waals surface area (Å²) in [5, 5.41) is 3.74. The van der Waals surface area contributed by atoms with Gasteiger partial charge in [-0.2, -0.15) is 0 Å². The summed E-state index contributed by atoms with van der Waals surface area (Å²) in [7, 11) is 0. The highest BCUT2D eigenvalue weighted by Crippen LogP contribution is 2.57. The van der Waals surface area contributed by atoms with Crippen molar-refractivity contribution in [1.29, 1.82) is 0 Å². The highest BCUT2D eigenvalue weighted by atomic mass is 15.1. The summed E-state index contributed by atoms with van der Waals surface area (Å²) in [5.41, 5.74) is 0.711. The second-order valence-corrected chi connectivity index (χ2v) is 4.03. The molecule has 0 radical (unpaired) electrons. The highest BCUT2D eigenvalue weighted by molar-refractivity contribution is 5.19. The van der Waals surface area contributed by atoms with E-state index in [1.807, 2.05) is 0 Å². The largest absolute Gasteiger partial charge is 0.308 e. The fourth-order valence-electron chi connectivity index (χ4n) is 2.91. The Morgan fingerprint density at radius 3 is 3.22 bits per heavy atom. The maximum Gasteiger partial charge on any atom is 0.0216 e. The van der Waals surface area contributed by atoms with Crippen molar-refractivity contribution in [2.75, 3.05) is 0 Å². The molecule has 1 heteroatoms. The van der Waals surface area contributed by atoms with Gasteiger partial charge in [0, 0.05) is 11.6 Å². The van der Waals surface area contributed by atoms with Gasteiger partial charge in [0.25, 0.3) is 0 Å². The van der Waals surface area contributed by atoms with Crippen molar-refractivity contribution in [3.8, 4) is 0 Å². The van der Waals surface area contributed by atoms with Crippen molar-refractivity contribution in [3.63, 3.8) is 0 Å². The van der Waals surface area contributed by atoms with Crippen molar-refractivity contribution in [2.24, 2.45) is 5.92 Å². The molecule has 2 bridgehead atoms. The minimum absolute atomic E-state index is 0.711. The average molecular weight is 123 g/mol. The van der Waals surface area contributed by atoms with Gasteiger partial charge in [-0.1, -0.05) is 6.42 Å². The van der Waals surface area contributed by atoms with Gasteiger partial charge in [-0.25, -0.2) is 0 Å². The highest BCUT2D eigenvalue weighted by Gasteiger charge is 2.60. The summed E-state index contributed by atoms with van der Waals surface area (Å²) in [5.74, 6) is 1.10. The van der Waals surface area contributed by atoms with Crippen molar-refractivity contribution in [3.05, 3.63) is 0 Å². The third-order valence-corrected chi connectivity index (χ3v) is 3.47. The molecule has 3 atom stereocenters. The van der Waals surface area contributed by atoms with Gasteiger partial charge in [0.2, 0.25) is 0 Å². The molecule has 0 aromatic carbocycles. The molecule has 2 heterocycles. The van der Waals surface area contributed by atoms with Crippen LogP contribution >= 0.6 is 0 Å². The van der Waals surface area contributed by atoms with Gasteiger partial charge < -0.3 is 5.32 Å². The zero-order valence-electron chi connectivity index (χ0n) is 5.69. The van der Waals surface area contributed by atoms with E-state index < -0.39 is 0 Å². The number of rotatable bonds is 0. The van der Waals surface area contributed by atoms with Gasteiger partial charge in [-0.05, 0) is 31.6 Å². The quantitative estimate of drug-likeness (QED) is 0.512. The molecule has 3 unspecified atom stereocenters. The molecule has 3 aliphatic rings. The first-order chi connectivity index (χ1) is 4.39. The summed E-state index contributed by atoms with van der Waals surface area (Å²) in [6.45, 7) is 0. The fourth-order valence-corrected chi connectivity index (χ4v) is 2.91. The molecule has 50 valence electrons. The molecule has 2 aliphatic heterocycles. The van der Waals surface area contributed by atoms with Gasteiger partial charge in [0.05, 0.1) is 0 Å². The molecular formula is C8H13N. The Bertz CT molecular complexity index is 153. The van der Waals surface area contributed by atoms with Crippen LogP contribution in [0, 0.1) is 5.92 Å². The predicted molar refractivity (Wildman–Crippen MR) is 36.2 cm³/mol. The van der Waals surface area contributed by atoms with Crippen LogP contribution < -0.4 is 5.32 Å². The van der Waals surface area contributed by atoms with Crippen LogP contribution in [0.5, 0.6) is 0 Å². The first-order valence-corrected chi connectivity index (χ1v) is 4.17. The lowest BCUT2D eigenvalue weighted by atomic mass is 10.0. The Morgan fingerprint density at radius 1 is 1.44 bits per heavy atom. The van der Waals surface area contributed by atoms with Gasteiger partial charge >= 0.3 is 0 Å². The van der Waals surface area contributed by atoms with E-state index in [9.17, 15) is 0 Å². The summed E-state index contributed by atoms with van der Waals surface area (Å²) in [6.07, 6.45) is 7.43. The third-order valence-electron chi connectivity index (χ3n) is 3.47. The smallest absolute Gasteiger partial charge is 0.0216 e. The van der Waals surface area contributed by atoms with Crippen molar-refractivity contribution in [2.45, 2.75) is 43.7 Å². The first kappa shape index (κ1) is 4.73. The molecule has 3 fully saturated rings. The molecule has 9 heavy (non-hydrogen) atoms. The van der Waals surface area contributed by atoms with Crippen molar-refractivity contribution >= 4 is 0 Å². The molecule has 1 spiro atoms. The molecule has 0 amide bonds. The van der Waals surface area contributed by atoms with E-state index in [0.717, 1.165) is 12.0 Å². The van der Waals surface area contributed by atoms with Gasteiger partial charge in [-0.3, -0.25) is 0 Å². The lowest BCUT2D eigenvalue weighted by Crippen LogP contribution is -2.38. The van der Waals surface area contributed by atoms with E-state index in [1.165, 1.54) is 32.1 Å². The van der Waals surface area contributed by atoms with E-state index in [1.54, 1.807) is 0 Å².